The van der Waals surface area contributed by atoms with Crippen LogP contribution >= 0.6 is 15.9 Å². The van der Waals surface area contributed by atoms with Gasteiger partial charge in [0.2, 0.25) is 0 Å². The second-order valence-electron chi connectivity index (χ2n) is 5.23. The lowest BCUT2D eigenvalue weighted by Crippen LogP contribution is -2.05. The van der Waals surface area contributed by atoms with Crippen molar-refractivity contribution in [2.45, 2.75) is 19.5 Å². The summed E-state index contributed by atoms with van der Waals surface area (Å²) in [7, 11) is 0. The summed E-state index contributed by atoms with van der Waals surface area (Å²) in [5, 5.41) is 0. The zero-order valence-electron chi connectivity index (χ0n) is 12.1. The van der Waals surface area contributed by atoms with Crippen LogP contribution in [0.15, 0.2) is 29.1 Å². The molecule has 0 N–H and O–H groups in total. The minimum atomic E-state index is -4.61. The molecule has 0 amide bonds. The molecule has 3 rings (SSSR count). The molecule has 9 heteroatoms. The van der Waals surface area contributed by atoms with E-state index in [9.17, 15) is 22.0 Å². The van der Waals surface area contributed by atoms with E-state index in [1.807, 2.05) is 0 Å². The van der Waals surface area contributed by atoms with Crippen LogP contribution in [0.2, 0.25) is 0 Å². The van der Waals surface area contributed by atoms with Crippen molar-refractivity contribution < 1.29 is 22.0 Å². The maximum absolute atomic E-state index is 14.0. The van der Waals surface area contributed by atoms with Gasteiger partial charge in [0, 0.05) is 18.8 Å². The number of hydrogen-bond donors (Lipinski definition) is 0. The molecule has 3 aromatic rings. The Bertz CT molecular complexity index is 933. The van der Waals surface area contributed by atoms with E-state index in [0.717, 1.165) is 22.7 Å². The molecule has 24 heavy (non-hydrogen) atoms. The second kappa shape index (κ2) is 5.80. The van der Waals surface area contributed by atoms with Crippen molar-refractivity contribution in [3.8, 4) is 0 Å². The van der Waals surface area contributed by atoms with Gasteiger partial charge < -0.3 is 4.40 Å². The molecule has 2 aromatic heterocycles. The highest BCUT2D eigenvalue weighted by atomic mass is 79.9. The summed E-state index contributed by atoms with van der Waals surface area (Å²) < 4.78 is 67.5. The molecule has 0 spiro atoms. The van der Waals surface area contributed by atoms with E-state index in [2.05, 4.69) is 25.9 Å². The Morgan fingerprint density at radius 2 is 1.79 bits per heavy atom. The zero-order valence-corrected chi connectivity index (χ0v) is 13.7. The second-order valence-corrected chi connectivity index (χ2v) is 6.05. The van der Waals surface area contributed by atoms with E-state index in [1.165, 1.54) is 13.1 Å². The third kappa shape index (κ3) is 3.12. The summed E-state index contributed by atoms with van der Waals surface area (Å²) >= 11 is 3.09. The van der Waals surface area contributed by atoms with Gasteiger partial charge in [0.15, 0.2) is 11.3 Å². The molecule has 0 aliphatic rings. The Labute approximate surface area is 141 Å². The Morgan fingerprint density at radius 3 is 2.46 bits per heavy atom. The number of rotatable bonds is 2. The van der Waals surface area contributed by atoms with Crippen LogP contribution in [0.1, 0.15) is 22.5 Å². The molecule has 2 heterocycles. The van der Waals surface area contributed by atoms with Crippen molar-refractivity contribution in [1.82, 2.24) is 14.4 Å². The smallest absolute Gasteiger partial charge is 0.302 e. The predicted molar refractivity (Wildman–Crippen MR) is 79.6 cm³/mol. The fraction of sp³-hybridized carbons (Fsp3) is 0.200. The summed E-state index contributed by atoms with van der Waals surface area (Å²) in [6.45, 7) is 1.42. The molecule has 0 aliphatic heterocycles. The van der Waals surface area contributed by atoms with E-state index in [0.29, 0.717) is 0 Å². The van der Waals surface area contributed by atoms with Crippen molar-refractivity contribution in [3.05, 3.63) is 63.3 Å². The molecule has 0 unspecified atom stereocenters. The average molecular weight is 406 g/mol. The Morgan fingerprint density at radius 1 is 1.08 bits per heavy atom. The minimum Gasteiger partial charge on any atom is -0.302 e. The van der Waals surface area contributed by atoms with Gasteiger partial charge in [-0.15, -0.1) is 0 Å². The molecule has 0 saturated carbocycles. The third-order valence-corrected chi connectivity index (χ3v) is 3.84. The van der Waals surface area contributed by atoms with Gasteiger partial charge in [-0.05, 0) is 46.1 Å². The first-order valence-electron chi connectivity index (χ1n) is 6.71. The molecule has 126 valence electrons. The number of aromatic nitrogens is 3. The number of fused-ring (bicyclic) bond motifs is 1. The number of halogens is 6. The molecule has 0 saturated heterocycles. The lowest BCUT2D eigenvalue weighted by Gasteiger charge is -2.07. The van der Waals surface area contributed by atoms with Crippen molar-refractivity contribution in [3.63, 3.8) is 0 Å². The number of benzene rings is 1. The van der Waals surface area contributed by atoms with Crippen LogP contribution in [0.3, 0.4) is 0 Å². The Balaban J connectivity index is 2.12. The van der Waals surface area contributed by atoms with Crippen LogP contribution in [-0.4, -0.2) is 14.4 Å². The van der Waals surface area contributed by atoms with Gasteiger partial charge in [-0.1, -0.05) is 0 Å². The molecule has 3 nitrogen and oxygen atoms in total. The van der Waals surface area contributed by atoms with Crippen LogP contribution in [0.5, 0.6) is 0 Å². The summed E-state index contributed by atoms with van der Waals surface area (Å²) in [6, 6.07) is 2.05. The van der Waals surface area contributed by atoms with Crippen LogP contribution < -0.4 is 0 Å². The van der Waals surface area contributed by atoms with Gasteiger partial charge in [0.25, 0.3) is 0 Å². The number of alkyl halides is 3. The predicted octanol–water partition coefficient (Wildman–Crippen LogP) is 4.69. The van der Waals surface area contributed by atoms with Gasteiger partial charge in [-0.3, -0.25) is 0 Å². The number of imidazole rings is 1. The summed E-state index contributed by atoms with van der Waals surface area (Å²) in [5.74, 6) is -1.26. The van der Waals surface area contributed by atoms with E-state index in [4.69, 9.17) is 0 Å². The summed E-state index contributed by atoms with van der Waals surface area (Å²) in [5.41, 5.74) is -0.918. The Kier molecular flexibility index (Phi) is 4.06. The largest absolute Gasteiger partial charge is 0.434 e. The van der Waals surface area contributed by atoms with E-state index < -0.39 is 23.5 Å². The van der Waals surface area contributed by atoms with E-state index in [1.54, 1.807) is 0 Å². The van der Waals surface area contributed by atoms with Gasteiger partial charge >= 0.3 is 6.18 Å². The van der Waals surface area contributed by atoms with Crippen molar-refractivity contribution >= 4 is 21.6 Å². The fourth-order valence-electron chi connectivity index (χ4n) is 2.29. The maximum atomic E-state index is 14.0. The van der Waals surface area contributed by atoms with Crippen LogP contribution in [0, 0.1) is 18.6 Å². The molecular formula is C15H9BrF5N3. The molecule has 0 atom stereocenters. The van der Waals surface area contributed by atoms with Crippen LogP contribution in [0.25, 0.3) is 5.65 Å². The highest BCUT2D eigenvalue weighted by Gasteiger charge is 2.34. The average Bonchev–Trinajstić information content (AvgIpc) is 2.88. The SMILES string of the molecule is Cc1cc(F)c(Cc2nc(Br)cn3cc(C(F)(F)F)nc23)cc1F. The van der Waals surface area contributed by atoms with Gasteiger partial charge in [0.1, 0.15) is 16.2 Å². The zero-order chi connectivity index (χ0) is 17.6. The lowest BCUT2D eigenvalue weighted by molar-refractivity contribution is -0.140. The highest BCUT2D eigenvalue weighted by Crippen LogP contribution is 2.30. The van der Waals surface area contributed by atoms with E-state index >= 15 is 0 Å². The monoisotopic (exact) mass is 405 g/mol. The number of nitrogens with zero attached hydrogens (tertiary/aromatic N) is 3. The molecule has 0 radical (unpaired) electrons. The first-order valence-corrected chi connectivity index (χ1v) is 7.50. The van der Waals surface area contributed by atoms with E-state index in [-0.39, 0.29) is 33.5 Å². The molecule has 0 bridgehead atoms. The minimum absolute atomic E-state index is 0.0119. The lowest BCUT2D eigenvalue weighted by atomic mass is 10.1. The summed E-state index contributed by atoms with van der Waals surface area (Å²) in [4.78, 5) is 7.59. The third-order valence-electron chi connectivity index (χ3n) is 3.45. The first kappa shape index (κ1) is 16.8. The van der Waals surface area contributed by atoms with Crippen molar-refractivity contribution in [1.29, 1.82) is 0 Å². The molecule has 0 fully saturated rings. The maximum Gasteiger partial charge on any atom is 0.434 e. The van der Waals surface area contributed by atoms with Crippen molar-refractivity contribution in [2.24, 2.45) is 0 Å². The number of aryl methyl sites for hydroxylation is 1. The van der Waals surface area contributed by atoms with Crippen LogP contribution in [-0.2, 0) is 12.6 Å². The molecule has 0 aliphatic carbocycles. The van der Waals surface area contributed by atoms with Gasteiger partial charge in [-0.25, -0.2) is 18.7 Å². The number of hydrogen-bond acceptors (Lipinski definition) is 2. The normalized spacial score (nSPS) is 12.1. The summed E-state index contributed by atoms with van der Waals surface area (Å²) in [6.07, 6.45) is -2.68. The molecule has 1 aromatic carbocycles. The standard InChI is InChI=1S/C15H9BrF5N3/c1-7-2-10(18)8(3-9(7)17)4-11-14-23-12(15(19,20)21)5-24(14)6-13(16)22-11/h2-3,5-6H,4H2,1H3. The van der Waals surface area contributed by atoms with Crippen LogP contribution in [0.4, 0.5) is 22.0 Å². The first-order chi connectivity index (χ1) is 11.1. The highest BCUT2D eigenvalue weighted by molar-refractivity contribution is 9.10. The quantitative estimate of drug-likeness (QED) is 0.579. The van der Waals surface area contributed by atoms with Gasteiger partial charge in [0.05, 0.1) is 5.69 Å². The topological polar surface area (TPSA) is 30.2 Å². The fourth-order valence-corrected chi connectivity index (χ4v) is 2.72. The van der Waals surface area contributed by atoms with Gasteiger partial charge in [-0.2, -0.15) is 13.2 Å². The Hall–Kier alpha value is -2.03. The molecular weight excluding hydrogens is 397 g/mol. The van der Waals surface area contributed by atoms with Crippen molar-refractivity contribution in [2.75, 3.05) is 0 Å².